The number of fused-ring (bicyclic) bond motifs is 2. The number of methoxy groups -OCH3 is 1. The summed E-state index contributed by atoms with van der Waals surface area (Å²) in [7, 11) is 1.56. The number of hydrogen-bond donors (Lipinski definition) is 0. The van der Waals surface area contributed by atoms with Crippen LogP contribution in [0.1, 0.15) is 25.8 Å². The number of nitro benzene ring substituents is 1. The van der Waals surface area contributed by atoms with Crippen LogP contribution >= 0.6 is 15.9 Å². The second-order valence-electron chi connectivity index (χ2n) is 8.74. The zero-order chi connectivity index (χ0) is 27.7. The Hall–Kier alpha value is -4.51. The van der Waals surface area contributed by atoms with Gasteiger partial charge < -0.3 is 13.9 Å². The third-order valence-corrected chi connectivity index (χ3v) is 6.76. The summed E-state index contributed by atoms with van der Waals surface area (Å²) in [5, 5.41) is 17.3. The number of aromatic nitrogens is 2. The summed E-state index contributed by atoms with van der Waals surface area (Å²) in [5.74, 6) is 1.21. The van der Waals surface area contributed by atoms with Crippen LogP contribution in [0, 0.1) is 10.1 Å². The lowest BCUT2D eigenvalue weighted by atomic mass is 10.2. The monoisotopic (exact) mass is 590 g/mol. The van der Waals surface area contributed by atoms with Gasteiger partial charge in [-0.25, -0.2) is 4.98 Å². The van der Waals surface area contributed by atoms with Gasteiger partial charge >= 0.3 is 5.69 Å². The third kappa shape index (κ3) is 5.00. The number of benzene rings is 3. The number of hydrogen-bond acceptors (Lipinski definition) is 8. The number of halogens is 1. The summed E-state index contributed by atoms with van der Waals surface area (Å²) in [6.45, 7) is 3.76. The Balaban J connectivity index is 1.67. The van der Waals surface area contributed by atoms with Gasteiger partial charge in [-0.1, -0.05) is 25.1 Å². The molecule has 0 N–H and O–H groups in total. The molecule has 0 aliphatic rings. The van der Waals surface area contributed by atoms with Crippen molar-refractivity contribution in [1.29, 1.82) is 0 Å². The summed E-state index contributed by atoms with van der Waals surface area (Å²) in [6.07, 6.45) is 1.82. The Morgan fingerprint density at radius 2 is 1.97 bits per heavy atom. The van der Waals surface area contributed by atoms with Crippen molar-refractivity contribution in [3.05, 3.63) is 91.2 Å². The molecule has 0 unspecified atom stereocenters. The van der Waals surface area contributed by atoms with E-state index in [-0.39, 0.29) is 23.4 Å². The van der Waals surface area contributed by atoms with Crippen LogP contribution in [0.5, 0.6) is 11.5 Å². The van der Waals surface area contributed by atoms with Gasteiger partial charge in [0.2, 0.25) is 11.6 Å². The van der Waals surface area contributed by atoms with Crippen LogP contribution in [0.3, 0.4) is 0 Å². The van der Waals surface area contributed by atoms with Crippen LogP contribution in [-0.4, -0.2) is 34.0 Å². The highest BCUT2D eigenvalue weighted by Crippen LogP contribution is 2.37. The lowest BCUT2D eigenvalue weighted by Gasteiger charge is -2.14. The van der Waals surface area contributed by atoms with Gasteiger partial charge in [-0.2, -0.15) is 9.78 Å². The van der Waals surface area contributed by atoms with Gasteiger partial charge in [0.05, 0.1) is 45.1 Å². The van der Waals surface area contributed by atoms with Gasteiger partial charge in [0.25, 0.3) is 5.56 Å². The third-order valence-electron chi connectivity index (χ3n) is 6.17. The topological polar surface area (TPSA) is 122 Å². The summed E-state index contributed by atoms with van der Waals surface area (Å²) in [5.41, 5.74) is 0.756. The number of nitro groups is 1. The van der Waals surface area contributed by atoms with E-state index < -0.39 is 10.5 Å². The molecule has 0 amide bonds. The molecule has 1 atom stereocenters. The standard InChI is InChI=1S/C28H23BrN4O6/c1-4-16(2)38-26-20(29)12-17(13-22(26)33(35)36)15-30-32-27(31-21-9-6-5-8-18(21)28(32)34)25-14-19-23(37-3)10-7-11-24(19)39-25/h5-16H,4H2,1-3H3/t16-/m0/s1. The number of ether oxygens (including phenoxy) is 2. The predicted molar refractivity (Wildman–Crippen MR) is 152 cm³/mol. The van der Waals surface area contributed by atoms with E-state index in [1.165, 1.54) is 12.3 Å². The van der Waals surface area contributed by atoms with Crippen molar-refractivity contribution in [2.45, 2.75) is 26.4 Å². The first kappa shape index (κ1) is 26.1. The molecule has 2 aromatic heterocycles. The molecule has 0 aliphatic heterocycles. The fourth-order valence-electron chi connectivity index (χ4n) is 4.05. The van der Waals surface area contributed by atoms with Crippen LogP contribution in [-0.2, 0) is 0 Å². The number of rotatable bonds is 8. The maximum Gasteiger partial charge on any atom is 0.312 e. The van der Waals surface area contributed by atoms with Crippen LogP contribution in [0.15, 0.2) is 79.4 Å². The highest BCUT2D eigenvalue weighted by atomic mass is 79.9. The normalized spacial score (nSPS) is 12.3. The maximum absolute atomic E-state index is 13.5. The number of nitrogens with zero attached hydrogens (tertiary/aromatic N) is 4. The molecule has 11 heteroatoms. The molecule has 0 bridgehead atoms. The fourth-order valence-corrected chi connectivity index (χ4v) is 4.61. The van der Waals surface area contributed by atoms with Gasteiger partial charge in [-0.05, 0) is 65.7 Å². The first-order valence-electron chi connectivity index (χ1n) is 12.1. The van der Waals surface area contributed by atoms with E-state index >= 15 is 0 Å². The highest BCUT2D eigenvalue weighted by molar-refractivity contribution is 9.10. The number of furan rings is 1. The molecular formula is C28H23BrN4O6. The van der Waals surface area contributed by atoms with E-state index in [4.69, 9.17) is 13.9 Å². The summed E-state index contributed by atoms with van der Waals surface area (Å²) < 4.78 is 18.8. The van der Waals surface area contributed by atoms with Crippen LogP contribution in [0.4, 0.5) is 5.69 Å². The molecule has 5 rings (SSSR count). The highest BCUT2D eigenvalue weighted by Gasteiger charge is 2.22. The molecule has 0 radical (unpaired) electrons. The molecule has 2 heterocycles. The molecule has 3 aromatic carbocycles. The second kappa shape index (κ2) is 10.7. The van der Waals surface area contributed by atoms with Crippen LogP contribution in [0.2, 0.25) is 0 Å². The Morgan fingerprint density at radius 3 is 2.72 bits per heavy atom. The summed E-state index contributed by atoms with van der Waals surface area (Å²) in [6, 6.07) is 17.0. The van der Waals surface area contributed by atoms with Gasteiger partial charge in [0.15, 0.2) is 5.76 Å². The Kier molecular flexibility index (Phi) is 7.16. The zero-order valence-corrected chi connectivity index (χ0v) is 22.8. The Bertz CT molecular complexity index is 1810. The largest absolute Gasteiger partial charge is 0.496 e. The quantitative estimate of drug-likeness (QED) is 0.114. The SMILES string of the molecule is CC[C@H](C)Oc1c(Br)cc(C=Nn2c(-c3cc4c(OC)cccc4o3)nc3ccccc3c2=O)cc1[N+](=O)[O-]. The van der Waals surface area contributed by atoms with E-state index in [0.717, 1.165) is 4.68 Å². The van der Waals surface area contributed by atoms with Crippen LogP contribution < -0.4 is 15.0 Å². The van der Waals surface area contributed by atoms with Crippen molar-refractivity contribution in [1.82, 2.24) is 9.66 Å². The molecule has 0 saturated carbocycles. The fraction of sp³-hybridized carbons (Fsp3) is 0.179. The lowest BCUT2D eigenvalue weighted by Crippen LogP contribution is -2.20. The summed E-state index contributed by atoms with van der Waals surface area (Å²) in [4.78, 5) is 29.5. The minimum Gasteiger partial charge on any atom is -0.496 e. The maximum atomic E-state index is 13.5. The molecular weight excluding hydrogens is 568 g/mol. The van der Waals surface area contributed by atoms with Crippen molar-refractivity contribution < 1.29 is 18.8 Å². The minimum atomic E-state index is -0.517. The first-order chi connectivity index (χ1) is 18.8. The molecule has 0 fully saturated rings. The van der Waals surface area contributed by atoms with Gasteiger partial charge in [0, 0.05) is 11.6 Å². The van der Waals surface area contributed by atoms with Crippen molar-refractivity contribution in [2.24, 2.45) is 5.10 Å². The van der Waals surface area contributed by atoms with Gasteiger partial charge in [-0.15, -0.1) is 0 Å². The molecule has 0 saturated heterocycles. The predicted octanol–water partition coefficient (Wildman–Crippen LogP) is 6.55. The Labute approximate surface area is 230 Å². The molecule has 5 aromatic rings. The zero-order valence-electron chi connectivity index (χ0n) is 21.3. The van der Waals surface area contributed by atoms with E-state index in [0.29, 0.717) is 49.8 Å². The first-order valence-corrected chi connectivity index (χ1v) is 12.9. The van der Waals surface area contributed by atoms with E-state index in [1.54, 1.807) is 61.7 Å². The minimum absolute atomic E-state index is 0.132. The Morgan fingerprint density at radius 1 is 1.18 bits per heavy atom. The lowest BCUT2D eigenvalue weighted by molar-refractivity contribution is -0.386. The van der Waals surface area contributed by atoms with Crippen molar-refractivity contribution in [2.75, 3.05) is 7.11 Å². The number of para-hydroxylation sites is 1. The summed E-state index contributed by atoms with van der Waals surface area (Å²) >= 11 is 3.38. The molecule has 0 aliphatic carbocycles. The molecule has 10 nitrogen and oxygen atoms in total. The average molecular weight is 591 g/mol. The van der Waals surface area contributed by atoms with Gasteiger partial charge in [-0.3, -0.25) is 14.9 Å². The van der Waals surface area contributed by atoms with Gasteiger partial charge in [0.1, 0.15) is 11.3 Å². The van der Waals surface area contributed by atoms with Crippen molar-refractivity contribution in [3.63, 3.8) is 0 Å². The molecule has 0 spiro atoms. The van der Waals surface area contributed by atoms with Crippen LogP contribution in [0.25, 0.3) is 33.5 Å². The second-order valence-corrected chi connectivity index (χ2v) is 9.60. The molecule has 198 valence electrons. The molecule has 39 heavy (non-hydrogen) atoms. The van der Waals surface area contributed by atoms with E-state index in [9.17, 15) is 14.9 Å². The van der Waals surface area contributed by atoms with Crippen molar-refractivity contribution in [3.8, 4) is 23.1 Å². The smallest absolute Gasteiger partial charge is 0.312 e. The van der Waals surface area contributed by atoms with Crippen molar-refractivity contribution >= 4 is 49.7 Å². The van der Waals surface area contributed by atoms with E-state index in [1.807, 2.05) is 13.8 Å². The van der Waals surface area contributed by atoms with E-state index in [2.05, 4.69) is 26.0 Å². The average Bonchev–Trinajstić information content (AvgIpc) is 3.38.